The van der Waals surface area contributed by atoms with Crippen molar-refractivity contribution < 1.29 is 19.9 Å². The number of rotatable bonds is 3. The van der Waals surface area contributed by atoms with Crippen molar-refractivity contribution in [2.75, 3.05) is 5.32 Å². The molecule has 2 rings (SSSR count). The predicted octanol–water partition coefficient (Wildman–Crippen LogP) is 3.02. The Kier molecular flexibility index (Phi) is 4.08. The number of amides is 1. The monoisotopic (exact) mass is 352 g/mol. The minimum atomic E-state index is -0.714. The Hall–Kier alpha value is -2.61. The second-order valence-electron chi connectivity index (χ2n) is 4.05. The van der Waals surface area contributed by atoms with E-state index in [1.807, 2.05) is 0 Å². The first-order chi connectivity index (χ1) is 9.90. The van der Waals surface area contributed by atoms with E-state index in [2.05, 4.69) is 21.2 Å². The molecule has 0 heterocycles. The number of nitro groups is 1. The highest BCUT2D eigenvalue weighted by molar-refractivity contribution is 9.10. The third-order valence-electron chi connectivity index (χ3n) is 2.66. The molecule has 0 bridgehead atoms. The summed E-state index contributed by atoms with van der Waals surface area (Å²) in [5, 5.41) is 32.3. The van der Waals surface area contributed by atoms with E-state index in [9.17, 15) is 25.1 Å². The third-order valence-corrected chi connectivity index (χ3v) is 3.33. The standard InChI is InChI=1S/C13H9BrN2O5/c14-8-5-4-7(6-11(8)18)13(19)15-12-9(16(20)21)2-1-3-10(12)17/h1-6,17-18H,(H,15,19). The zero-order chi connectivity index (χ0) is 15.6. The van der Waals surface area contributed by atoms with Crippen molar-refractivity contribution in [2.24, 2.45) is 0 Å². The first-order valence-corrected chi connectivity index (χ1v) is 6.45. The van der Waals surface area contributed by atoms with Gasteiger partial charge in [-0.3, -0.25) is 14.9 Å². The molecule has 0 saturated heterocycles. The molecule has 0 saturated carbocycles. The van der Waals surface area contributed by atoms with Crippen LogP contribution in [0.25, 0.3) is 0 Å². The summed E-state index contributed by atoms with van der Waals surface area (Å²) in [4.78, 5) is 22.2. The molecule has 0 fully saturated rings. The molecule has 0 aliphatic rings. The van der Waals surface area contributed by atoms with Crippen molar-refractivity contribution >= 4 is 33.2 Å². The third kappa shape index (κ3) is 3.11. The van der Waals surface area contributed by atoms with Gasteiger partial charge in [0.1, 0.15) is 11.5 Å². The van der Waals surface area contributed by atoms with Crippen LogP contribution in [0.4, 0.5) is 11.4 Å². The number of carbonyl (C=O) groups is 1. The highest BCUT2D eigenvalue weighted by Crippen LogP contribution is 2.33. The maximum Gasteiger partial charge on any atom is 0.296 e. The molecule has 0 radical (unpaired) electrons. The molecule has 21 heavy (non-hydrogen) atoms. The first kappa shape index (κ1) is 14.8. The quantitative estimate of drug-likeness (QED) is 0.446. The van der Waals surface area contributed by atoms with Crippen LogP contribution >= 0.6 is 15.9 Å². The van der Waals surface area contributed by atoms with E-state index < -0.39 is 22.3 Å². The lowest BCUT2D eigenvalue weighted by molar-refractivity contribution is -0.384. The van der Waals surface area contributed by atoms with Gasteiger partial charge >= 0.3 is 0 Å². The van der Waals surface area contributed by atoms with Crippen molar-refractivity contribution in [1.82, 2.24) is 0 Å². The normalized spacial score (nSPS) is 10.1. The van der Waals surface area contributed by atoms with Crippen molar-refractivity contribution in [3.05, 3.63) is 56.5 Å². The number of benzene rings is 2. The molecule has 1 amide bonds. The fourth-order valence-corrected chi connectivity index (χ4v) is 1.89. The number of carbonyl (C=O) groups excluding carboxylic acids is 1. The fourth-order valence-electron chi connectivity index (χ4n) is 1.65. The molecule has 0 unspecified atom stereocenters. The van der Waals surface area contributed by atoms with Gasteiger partial charge in [0.2, 0.25) is 0 Å². The molecule has 2 aromatic rings. The summed E-state index contributed by atoms with van der Waals surface area (Å²) in [6, 6.07) is 7.77. The Bertz CT molecular complexity index is 732. The minimum Gasteiger partial charge on any atom is -0.507 e. The number of nitrogens with one attached hydrogen (secondary N) is 1. The van der Waals surface area contributed by atoms with Crippen LogP contribution < -0.4 is 5.32 Å². The number of aromatic hydroxyl groups is 2. The Labute approximate surface area is 127 Å². The first-order valence-electron chi connectivity index (χ1n) is 5.66. The van der Waals surface area contributed by atoms with Crippen LogP contribution in [0.1, 0.15) is 10.4 Å². The lowest BCUT2D eigenvalue weighted by Crippen LogP contribution is -2.13. The van der Waals surface area contributed by atoms with Crippen LogP contribution in [0.15, 0.2) is 40.9 Å². The van der Waals surface area contributed by atoms with Crippen LogP contribution in [-0.4, -0.2) is 21.0 Å². The van der Waals surface area contributed by atoms with E-state index in [-0.39, 0.29) is 17.0 Å². The second kappa shape index (κ2) is 5.80. The highest BCUT2D eigenvalue weighted by Gasteiger charge is 2.20. The Morgan fingerprint density at radius 2 is 1.90 bits per heavy atom. The van der Waals surface area contributed by atoms with Crippen LogP contribution in [0.2, 0.25) is 0 Å². The van der Waals surface area contributed by atoms with Crippen molar-refractivity contribution in [3.63, 3.8) is 0 Å². The highest BCUT2D eigenvalue weighted by atomic mass is 79.9. The maximum absolute atomic E-state index is 12.0. The molecule has 0 aromatic heterocycles. The summed E-state index contributed by atoms with van der Waals surface area (Å²) in [7, 11) is 0. The van der Waals surface area contributed by atoms with Gasteiger partial charge in [0.15, 0.2) is 5.69 Å². The minimum absolute atomic E-state index is 0.0910. The predicted molar refractivity (Wildman–Crippen MR) is 78.5 cm³/mol. The Morgan fingerprint density at radius 3 is 2.52 bits per heavy atom. The van der Waals surface area contributed by atoms with Crippen LogP contribution in [0, 0.1) is 10.1 Å². The van der Waals surface area contributed by atoms with Crippen molar-refractivity contribution in [3.8, 4) is 11.5 Å². The lowest BCUT2D eigenvalue weighted by Gasteiger charge is -2.08. The number of halogens is 1. The molecule has 7 nitrogen and oxygen atoms in total. The van der Waals surface area contributed by atoms with Gasteiger partial charge in [-0.1, -0.05) is 6.07 Å². The van der Waals surface area contributed by atoms with E-state index in [1.165, 1.54) is 30.3 Å². The average molecular weight is 353 g/mol. The van der Waals surface area contributed by atoms with Gasteiger partial charge in [0.05, 0.1) is 9.40 Å². The number of phenolic OH excluding ortho intramolecular Hbond substituents is 2. The molecule has 8 heteroatoms. The zero-order valence-corrected chi connectivity index (χ0v) is 12.0. The Morgan fingerprint density at radius 1 is 1.19 bits per heavy atom. The van der Waals surface area contributed by atoms with Gasteiger partial charge in [0, 0.05) is 11.6 Å². The summed E-state index contributed by atoms with van der Waals surface area (Å²) in [6.07, 6.45) is 0. The van der Waals surface area contributed by atoms with Gasteiger partial charge in [0.25, 0.3) is 11.6 Å². The van der Waals surface area contributed by atoms with Gasteiger partial charge in [-0.25, -0.2) is 0 Å². The zero-order valence-electron chi connectivity index (χ0n) is 10.4. The molecular formula is C13H9BrN2O5. The largest absolute Gasteiger partial charge is 0.507 e. The lowest BCUT2D eigenvalue weighted by atomic mass is 10.2. The molecule has 0 atom stereocenters. The van der Waals surface area contributed by atoms with Gasteiger partial charge < -0.3 is 15.5 Å². The summed E-state index contributed by atoms with van der Waals surface area (Å²) in [6.45, 7) is 0. The number of nitro benzene ring substituents is 1. The Balaban J connectivity index is 2.36. The maximum atomic E-state index is 12.0. The number of hydrogen-bond acceptors (Lipinski definition) is 5. The summed E-state index contributed by atoms with van der Waals surface area (Å²) < 4.78 is 0.410. The molecule has 108 valence electrons. The molecule has 0 spiro atoms. The van der Waals surface area contributed by atoms with E-state index >= 15 is 0 Å². The van der Waals surface area contributed by atoms with Crippen LogP contribution in [0.3, 0.4) is 0 Å². The number of anilines is 1. The van der Waals surface area contributed by atoms with Crippen LogP contribution in [-0.2, 0) is 0 Å². The number of hydrogen-bond donors (Lipinski definition) is 3. The van der Waals surface area contributed by atoms with Crippen molar-refractivity contribution in [1.29, 1.82) is 0 Å². The SMILES string of the molecule is O=C(Nc1c(O)cccc1[N+](=O)[O-])c1ccc(Br)c(O)c1. The topological polar surface area (TPSA) is 113 Å². The molecule has 2 aromatic carbocycles. The molecule has 0 aliphatic carbocycles. The van der Waals surface area contributed by atoms with Crippen LogP contribution in [0.5, 0.6) is 11.5 Å². The van der Waals surface area contributed by atoms with Gasteiger partial charge in [-0.05, 0) is 40.2 Å². The van der Waals surface area contributed by atoms with Crippen molar-refractivity contribution in [2.45, 2.75) is 0 Å². The number of para-hydroxylation sites is 1. The smallest absolute Gasteiger partial charge is 0.296 e. The van der Waals surface area contributed by atoms with E-state index in [0.29, 0.717) is 4.47 Å². The van der Waals surface area contributed by atoms with Gasteiger partial charge in [-0.15, -0.1) is 0 Å². The average Bonchev–Trinajstić information content (AvgIpc) is 2.43. The summed E-state index contributed by atoms with van der Waals surface area (Å²) in [5.41, 5.74) is -0.632. The van der Waals surface area contributed by atoms with E-state index in [1.54, 1.807) is 0 Å². The number of phenols is 2. The number of nitrogens with zero attached hydrogens (tertiary/aromatic N) is 1. The fraction of sp³-hybridized carbons (Fsp3) is 0. The summed E-state index contributed by atoms with van der Waals surface area (Å²) in [5.74, 6) is -1.25. The molecule has 3 N–H and O–H groups in total. The van der Waals surface area contributed by atoms with E-state index in [4.69, 9.17) is 0 Å². The summed E-state index contributed by atoms with van der Waals surface area (Å²) >= 11 is 3.08. The second-order valence-corrected chi connectivity index (χ2v) is 4.90. The molecular weight excluding hydrogens is 344 g/mol. The molecule has 0 aliphatic heterocycles. The van der Waals surface area contributed by atoms with E-state index in [0.717, 1.165) is 6.07 Å². The van der Waals surface area contributed by atoms with Gasteiger partial charge in [-0.2, -0.15) is 0 Å².